The normalized spacial score (nSPS) is 10.2. The van der Waals surface area contributed by atoms with Crippen LogP contribution in [0.5, 0.6) is 0 Å². The topological polar surface area (TPSA) is 42.3 Å². The maximum absolute atomic E-state index is 4.35. The second-order valence-corrected chi connectivity index (χ2v) is 21.2. The number of unbranched alkanes of at least 4 members (excludes halogenated alkanes) is 6. The van der Waals surface area contributed by atoms with E-state index in [2.05, 4.69) is 99.0 Å². The van der Waals surface area contributed by atoms with Gasteiger partial charge in [-0.15, -0.1) is 39.3 Å². The van der Waals surface area contributed by atoms with E-state index in [1.54, 1.807) is 4.40 Å². The molecule has 0 amide bonds. The largest absolute Gasteiger partial charge is 4.00 e. The molecule has 0 aliphatic heterocycles. The van der Waals surface area contributed by atoms with E-state index in [4.69, 9.17) is 0 Å². The van der Waals surface area contributed by atoms with Crippen LogP contribution >= 0.6 is 0 Å². The minimum atomic E-state index is -1.44. The zero-order valence-corrected chi connectivity index (χ0v) is 31.4. The molecule has 0 N–H and O–H groups in total. The van der Waals surface area contributed by atoms with Gasteiger partial charge in [-0.1, -0.05) is 119 Å². The first kappa shape index (κ1) is 44.7. The summed E-state index contributed by atoms with van der Waals surface area (Å²) >= 11 is -1.44. The Morgan fingerprint density at radius 1 is 0.459 bits per heavy atom. The minimum absolute atomic E-state index is 0. The van der Waals surface area contributed by atoms with Crippen LogP contribution in [0.15, 0.2) is 24.3 Å². The van der Waals surface area contributed by atoms with Crippen molar-refractivity contribution in [3.8, 4) is 0 Å². The molecule has 0 spiro atoms. The molecule has 0 radical (unpaired) electrons. The van der Waals surface area contributed by atoms with E-state index in [1.165, 1.54) is 77.0 Å². The molecule has 1 aromatic carbocycles. The Morgan fingerprint density at radius 3 is 0.811 bits per heavy atom. The summed E-state index contributed by atoms with van der Waals surface area (Å²) in [5.74, 6) is 7.24. The standard InChI is InChI=1S/C8H13Ge.3C8H18N.Zr/c1-9(2,3)8-6-4-5-7-8;3*1-3-5-7-9-8-6-4-2;/h4-7H,1-3H3;3*3-8H2,1-2H3;/q4*-1;+4. The molecule has 0 heterocycles. The monoisotopic (exact) mass is 657 g/mol. The van der Waals surface area contributed by atoms with E-state index in [9.17, 15) is 0 Å². The molecule has 218 valence electrons. The van der Waals surface area contributed by atoms with Gasteiger partial charge in [0, 0.05) is 0 Å². The fourth-order valence-corrected chi connectivity index (χ4v) is 5.33. The second kappa shape index (κ2) is 38.8. The first-order valence-corrected chi connectivity index (χ1v) is 22.8. The third-order valence-electron chi connectivity index (χ3n) is 5.55. The Balaban J connectivity index is -0.000000194. The number of hydrogen-bond donors (Lipinski definition) is 0. The van der Waals surface area contributed by atoms with E-state index in [0.717, 1.165) is 39.3 Å². The van der Waals surface area contributed by atoms with Gasteiger partial charge in [-0.3, -0.25) is 0 Å². The van der Waals surface area contributed by atoms with Crippen LogP contribution in [0.2, 0.25) is 17.3 Å². The third kappa shape index (κ3) is 43.9. The minimum Gasteiger partial charge on any atom is 4.00 e. The average molecular weight is 658 g/mol. The van der Waals surface area contributed by atoms with E-state index in [-0.39, 0.29) is 26.2 Å². The average Bonchev–Trinajstić information content (AvgIpc) is 3.41. The van der Waals surface area contributed by atoms with Crippen LogP contribution in [0.4, 0.5) is 0 Å². The van der Waals surface area contributed by atoms with Gasteiger partial charge in [0.1, 0.15) is 0 Å². The smallest absolute Gasteiger partial charge is 4.00 e. The van der Waals surface area contributed by atoms with Crippen LogP contribution in [-0.2, 0) is 26.2 Å². The predicted octanol–water partition coefficient (Wildman–Crippen LogP) is 10.8. The molecule has 3 nitrogen and oxygen atoms in total. The Morgan fingerprint density at radius 2 is 0.676 bits per heavy atom. The molecule has 1 aromatic rings. The summed E-state index contributed by atoms with van der Waals surface area (Å²) in [6.07, 6.45) is 15.2. The number of hydrogen-bond acceptors (Lipinski definition) is 0. The summed E-state index contributed by atoms with van der Waals surface area (Å²) in [6, 6.07) is 8.76. The summed E-state index contributed by atoms with van der Waals surface area (Å²) in [5, 5.41) is 13.1. The first-order valence-electron chi connectivity index (χ1n) is 15.5. The van der Waals surface area contributed by atoms with Gasteiger partial charge in [-0.2, -0.15) is 0 Å². The second-order valence-electron chi connectivity index (χ2n) is 10.6. The quantitative estimate of drug-likeness (QED) is 0.0807. The molecular weight excluding hydrogens is 590 g/mol. The molecule has 0 aliphatic rings. The molecule has 1 rings (SSSR count). The Bertz CT molecular complexity index is 410. The van der Waals surface area contributed by atoms with Crippen LogP contribution in [0.1, 0.15) is 119 Å². The third-order valence-corrected chi connectivity index (χ3v) is 9.88. The number of nitrogens with zero attached hydrogens (tertiary/aromatic N) is 3. The molecular formula is C32H67GeN3Zr. The van der Waals surface area contributed by atoms with Crippen molar-refractivity contribution in [2.24, 2.45) is 0 Å². The Kier molecular flexibility index (Phi) is 46.8. The number of rotatable bonds is 19. The van der Waals surface area contributed by atoms with E-state index in [1.807, 2.05) is 0 Å². The van der Waals surface area contributed by atoms with Crippen molar-refractivity contribution >= 4 is 17.7 Å². The fourth-order valence-electron chi connectivity index (χ4n) is 2.83. The zero-order chi connectivity index (χ0) is 27.8. The van der Waals surface area contributed by atoms with Crippen molar-refractivity contribution in [3.63, 3.8) is 0 Å². The van der Waals surface area contributed by atoms with Gasteiger partial charge in [0.05, 0.1) is 0 Å². The molecule has 0 aliphatic carbocycles. The predicted molar refractivity (Wildman–Crippen MR) is 174 cm³/mol. The summed E-state index contributed by atoms with van der Waals surface area (Å²) in [5.41, 5.74) is 0. The van der Waals surface area contributed by atoms with Crippen molar-refractivity contribution in [1.82, 2.24) is 0 Å². The van der Waals surface area contributed by atoms with Crippen LogP contribution in [0.25, 0.3) is 16.0 Å². The Labute approximate surface area is 257 Å². The summed E-state index contributed by atoms with van der Waals surface area (Å²) in [4.78, 5) is 0. The molecule has 0 fully saturated rings. The molecule has 0 bridgehead atoms. The first-order chi connectivity index (χ1) is 17.3. The van der Waals surface area contributed by atoms with E-state index < -0.39 is 13.3 Å². The maximum atomic E-state index is 4.35. The van der Waals surface area contributed by atoms with Gasteiger partial charge in [0.25, 0.3) is 0 Å². The van der Waals surface area contributed by atoms with Gasteiger partial charge in [-0.25, -0.2) is 0 Å². The van der Waals surface area contributed by atoms with Gasteiger partial charge >= 0.3 is 85.4 Å². The van der Waals surface area contributed by atoms with Crippen molar-refractivity contribution < 1.29 is 26.2 Å². The van der Waals surface area contributed by atoms with E-state index >= 15 is 0 Å². The maximum Gasteiger partial charge on any atom is 4.00 e. The summed E-state index contributed by atoms with van der Waals surface area (Å²) in [7, 11) is 0. The molecule has 0 saturated carbocycles. The molecule has 0 unspecified atom stereocenters. The fraction of sp³-hybridized carbons (Fsp3) is 0.844. The van der Waals surface area contributed by atoms with Crippen molar-refractivity contribution in [3.05, 3.63) is 40.2 Å². The van der Waals surface area contributed by atoms with Gasteiger partial charge in [0.15, 0.2) is 0 Å². The van der Waals surface area contributed by atoms with Gasteiger partial charge < -0.3 is 16.0 Å². The SMILES string of the molecule is CCCC[N-]CCCC.CCCC[N-]CCCC.CCCC[N-]CCCC.[CH3][Ge]([CH3])([CH3])[c-]1cccc1.[Zr+4]. The van der Waals surface area contributed by atoms with Crippen molar-refractivity contribution in [1.29, 1.82) is 0 Å². The Hall–Kier alpha value is 0.656. The van der Waals surface area contributed by atoms with Gasteiger partial charge in [-0.05, 0) is 0 Å². The van der Waals surface area contributed by atoms with Crippen LogP contribution in [0.3, 0.4) is 0 Å². The van der Waals surface area contributed by atoms with Crippen LogP contribution < -0.4 is 4.40 Å². The summed E-state index contributed by atoms with van der Waals surface area (Å²) in [6.45, 7) is 19.7. The zero-order valence-electron chi connectivity index (χ0n) is 26.9. The molecule has 37 heavy (non-hydrogen) atoms. The molecule has 0 atom stereocenters. The van der Waals surface area contributed by atoms with E-state index in [0.29, 0.717) is 0 Å². The molecule has 0 aromatic heterocycles. The van der Waals surface area contributed by atoms with Gasteiger partial charge in [0.2, 0.25) is 0 Å². The van der Waals surface area contributed by atoms with Crippen molar-refractivity contribution in [2.45, 2.75) is 136 Å². The van der Waals surface area contributed by atoms with Crippen LogP contribution in [-0.4, -0.2) is 52.5 Å². The molecule has 5 heteroatoms. The van der Waals surface area contributed by atoms with Crippen molar-refractivity contribution in [2.75, 3.05) is 39.3 Å². The summed E-state index contributed by atoms with van der Waals surface area (Å²) < 4.78 is 1.61. The van der Waals surface area contributed by atoms with Crippen LogP contribution in [0, 0.1) is 0 Å². The molecule has 0 saturated heterocycles.